The second-order valence-corrected chi connectivity index (χ2v) is 5.94. The van der Waals surface area contributed by atoms with Crippen LogP contribution in [0.5, 0.6) is 17.2 Å². The number of ether oxygens (including phenoxy) is 3. The summed E-state index contributed by atoms with van der Waals surface area (Å²) in [5.74, 6) is 1.71. The number of rotatable bonds is 7. The molecule has 0 saturated heterocycles. The van der Waals surface area contributed by atoms with E-state index in [1.54, 1.807) is 45.9 Å². The van der Waals surface area contributed by atoms with E-state index >= 15 is 0 Å². The molecule has 1 aromatic heterocycles. The van der Waals surface area contributed by atoms with Crippen molar-refractivity contribution in [3.63, 3.8) is 0 Å². The molecule has 1 aliphatic rings. The highest BCUT2D eigenvalue weighted by Crippen LogP contribution is 2.39. The molecule has 6 heteroatoms. The van der Waals surface area contributed by atoms with Crippen LogP contribution in [0.4, 0.5) is 0 Å². The predicted octanol–water partition coefficient (Wildman–Crippen LogP) is 2.91. The Hall–Kier alpha value is -2.76. The smallest absolute Gasteiger partial charge is 0.255 e. The number of aromatic nitrogens is 1. The zero-order valence-electron chi connectivity index (χ0n) is 14.7. The van der Waals surface area contributed by atoms with Crippen molar-refractivity contribution >= 4 is 5.91 Å². The standard InChI is InChI=1S/C19H22N2O4/c1-23-16-9-13(10-17(24-2)18(16)25-3)12-21(15-6-7-15)19(22)14-5-4-8-20-11-14/h4-5,8-11,15H,6-7,12H2,1-3H3. The van der Waals surface area contributed by atoms with E-state index in [4.69, 9.17) is 14.2 Å². The van der Waals surface area contributed by atoms with Crippen LogP contribution in [0.1, 0.15) is 28.8 Å². The Balaban J connectivity index is 1.89. The number of methoxy groups -OCH3 is 3. The summed E-state index contributed by atoms with van der Waals surface area (Å²) in [6.07, 6.45) is 5.32. The fraction of sp³-hybridized carbons (Fsp3) is 0.368. The predicted molar refractivity (Wildman–Crippen MR) is 93.2 cm³/mol. The molecule has 1 amide bonds. The average molecular weight is 342 g/mol. The largest absolute Gasteiger partial charge is 0.493 e. The van der Waals surface area contributed by atoms with Crippen molar-refractivity contribution in [3.05, 3.63) is 47.8 Å². The fourth-order valence-electron chi connectivity index (χ4n) is 2.83. The van der Waals surface area contributed by atoms with Gasteiger partial charge < -0.3 is 19.1 Å². The normalized spacial score (nSPS) is 13.2. The third-order valence-electron chi connectivity index (χ3n) is 4.23. The third kappa shape index (κ3) is 3.68. The minimum Gasteiger partial charge on any atom is -0.493 e. The molecular weight excluding hydrogens is 320 g/mol. The first kappa shape index (κ1) is 17.1. The maximum absolute atomic E-state index is 12.9. The maximum Gasteiger partial charge on any atom is 0.255 e. The van der Waals surface area contributed by atoms with Gasteiger partial charge in [-0.1, -0.05) is 0 Å². The monoisotopic (exact) mass is 342 g/mol. The summed E-state index contributed by atoms with van der Waals surface area (Å²) < 4.78 is 16.2. The first-order valence-electron chi connectivity index (χ1n) is 8.17. The quantitative estimate of drug-likeness (QED) is 0.774. The topological polar surface area (TPSA) is 60.9 Å². The van der Waals surface area contributed by atoms with Gasteiger partial charge in [-0.2, -0.15) is 0 Å². The number of pyridine rings is 1. The molecule has 1 aromatic carbocycles. The minimum atomic E-state index is -0.00986. The molecule has 0 bridgehead atoms. The summed E-state index contributed by atoms with van der Waals surface area (Å²) in [6.45, 7) is 0.481. The second-order valence-electron chi connectivity index (χ2n) is 5.94. The number of carbonyl (C=O) groups is 1. The summed E-state index contributed by atoms with van der Waals surface area (Å²) in [5.41, 5.74) is 1.53. The SMILES string of the molecule is COc1cc(CN(C(=O)c2cccnc2)C2CC2)cc(OC)c1OC. The first-order chi connectivity index (χ1) is 12.2. The molecule has 0 atom stereocenters. The summed E-state index contributed by atoms with van der Waals surface area (Å²) in [6, 6.07) is 7.60. The molecule has 132 valence electrons. The lowest BCUT2D eigenvalue weighted by Gasteiger charge is -2.23. The maximum atomic E-state index is 12.9. The molecule has 1 aliphatic carbocycles. The fourth-order valence-corrected chi connectivity index (χ4v) is 2.83. The first-order valence-corrected chi connectivity index (χ1v) is 8.17. The number of amides is 1. The van der Waals surface area contributed by atoms with E-state index in [2.05, 4.69) is 4.98 Å². The molecule has 3 rings (SSSR count). The van der Waals surface area contributed by atoms with E-state index in [1.165, 1.54) is 0 Å². The van der Waals surface area contributed by atoms with Crippen molar-refractivity contribution < 1.29 is 19.0 Å². The van der Waals surface area contributed by atoms with Gasteiger partial charge in [0.25, 0.3) is 5.91 Å². The van der Waals surface area contributed by atoms with Crippen LogP contribution < -0.4 is 14.2 Å². The van der Waals surface area contributed by atoms with Gasteiger partial charge in [-0.3, -0.25) is 9.78 Å². The molecule has 0 radical (unpaired) electrons. The Bertz CT molecular complexity index is 719. The van der Waals surface area contributed by atoms with Crippen LogP contribution in [-0.2, 0) is 6.54 Å². The van der Waals surface area contributed by atoms with Gasteiger partial charge in [-0.05, 0) is 42.7 Å². The highest BCUT2D eigenvalue weighted by Gasteiger charge is 2.33. The van der Waals surface area contributed by atoms with Crippen LogP contribution in [0, 0.1) is 0 Å². The van der Waals surface area contributed by atoms with E-state index < -0.39 is 0 Å². The number of hydrogen-bond acceptors (Lipinski definition) is 5. The molecule has 1 saturated carbocycles. The van der Waals surface area contributed by atoms with Crippen molar-refractivity contribution in [3.8, 4) is 17.2 Å². The van der Waals surface area contributed by atoms with Gasteiger partial charge in [-0.25, -0.2) is 0 Å². The highest BCUT2D eigenvalue weighted by molar-refractivity contribution is 5.94. The summed E-state index contributed by atoms with van der Waals surface area (Å²) in [4.78, 5) is 18.8. The summed E-state index contributed by atoms with van der Waals surface area (Å²) in [7, 11) is 4.74. The Morgan fingerprint density at radius 3 is 2.32 bits per heavy atom. The van der Waals surface area contributed by atoms with E-state index in [0.717, 1.165) is 18.4 Å². The van der Waals surface area contributed by atoms with Gasteiger partial charge in [0.2, 0.25) is 5.75 Å². The van der Waals surface area contributed by atoms with Gasteiger partial charge in [0, 0.05) is 25.0 Å². The number of benzene rings is 1. The van der Waals surface area contributed by atoms with Crippen LogP contribution in [0.25, 0.3) is 0 Å². The van der Waals surface area contributed by atoms with Crippen LogP contribution in [0.3, 0.4) is 0 Å². The van der Waals surface area contributed by atoms with Crippen LogP contribution in [0.15, 0.2) is 36.7 Å². The van der Waals surface area contributed by atoms with Crippen LogP contribution >= 0.6 is 0 Å². The van der Waals surface area contributed by atoms with Gasteiger partial charge in [0.1, 0.15) is 0 Å². The van der Waals surface area contributed by atoms with Crippen molar-refractivity contribution in [1.82, 2.24) is 9.88 Å². The van der Waals surface area contributed by atoms with Crippen LogP contribution in [0.2, 0.25) is 0 Å². The van der Waals surface area contributed by atoms with E-state index in [9.17, 15) is 4.79 Å². The van der Waals surface area contributed by atoms with E-state index in [1.807, 2.05) is 17.0 Å². The Kier molecular flexibility index (Phi) is 5.07. The molecule has 0 unspecified atom stereocenters. The molecule has 0 spiro atoms. The molecule has 2 aromatic rings. The summed E-state index contributed by atoms with van der Waals surface area (Å²) >= 11 is 0. The number of carbonyl (C=O) groups excluding carboxylic acids is 1. The van der Waals surface area contributed by atoms with E-state index in [0.29, 0.717) is 29.4 Å². The Labute approximate surface area is 147 Å². The van der Waals surface area contributed by atoms with Gasteiger partial charge in [0.15, 0.2) is 11.5 Å². The lowest BCUT2D eigenvalue weighted by molar-refractivity contribution is 0.0729. The van der Waals surface area contributed by atoms with Crippen molar-refractivity contribution in [1.29, 1.82) is 0 Å². The van der Waals surface area contributed by atoms with Gasteiger partial charge in [-0.15, -0.1) is 0 Å². The lowest BCUT2D eigenvalue weighted by atomic mass is 10.1. The van der Waals surface area contributed by atoms with Gasteiger partial charge in [0.05, 0.1) is 26.9 Å². The van der Waals surface area contributed by atoms with Crippen molar-refractivity contribution in [2.75, 3.05) is 21.3 Å². The molecule has 25 heavy (non-hydrogen) atoms. The second kappa shape index (κ2) is 7.42. The minimum absolute atomic E-state index is 0.00986. The molecular formula is C19H22N2O4. The van der Waals surface area contributed by atoms with Crippen LogP contribution in [-0.4, -0.2) is 43.2 Å². The summed E-state index contributed by atoms with van der Waals surface area (Å²) in [5, 5.41) is 0. The average Bonchev–Trinajstić information content (AvgIpc) is 3.50. The van der Waals surface area contributed by atoms with Gasteiger partial charge >= 0.3 is 0 Å². The zero-order valence-corrected chi connectivity index (χ0v) is 14.7. The number of hydrogen-bond donors (Lipinski definition) is 0. The lowest BCUT2D eigenvalue weighted by Crippen LogP contribution is -2.32. The highest BCUT2D eigenvalue weighted by atomic mass is 16.5. The van der Waals surface area contributed by atoms with Crippen molar-refractivity contribution in [2.24, 2.45) is 0 Å². The molecule has 6 nitrogen and oxygen atoms in total. The Morgan fingerprint density at radius 1 is 1.16 bits per heavy atom. The molecule has 1 heterocycles. The molecule has 0 aliphatic heterocycles. The molecule has 1 fully saturated rings. The van der Waals surface area contributed by atoms with Crippen molar-refractivity contribution in [2.45, 2.75) is 25.4 Å². The number of nitrogens with zero attached hydrogens (tertiary/aromatic N) is 2. The Morgan fingerprint density at radius 2 is 1.84 bits per heavy atom. The third-order valence-corrected chi connectivity index (χ3v) is 4.23. The molecule has 0 N–H and O–H groups in total. The van der Waals surface area contributed by atoms with E-state index in [-0.39, 0.29) is 11.9 Å². The zero-order chi connectivity index (χ0) is 17.8.